The summed E-state index contributed by atoms with van der Waals surface area (Å²) in [6, 6.07) is 6.88. The fourth-order valence-electron chi connectivity index (χ4n) is 2.13. The van der Waals surface area contributed by atoms with Gasteiger partial charge in [-0.05, 0) is 24.3 Å². The molecule has 1 heterocycles. The van der Waals surface area contributed by atoms with Crippen LogP contribution in [0.2, 0.25) is 5.02 Å². The molecule has 6 heteroatoms. The van der Waals surface area contributed by atoms with Crippen LogP contribution in [0.3, 0.4) is 0 Å². The van der Waals surface area contributed by atoms with E-state index in [4.69, 9.17) is 11.6 Å². The molecule has 1 aliphatic rings. The van der Waals surface area contributed by atoms with E-state index in [9.17, 15) is 9.59 Å². The predicted octanol–water partition coefficient (Wildman–Crippen LogP) is 1.27. The van der Waals surface area contributed by atoms with E-state index in [0.29, 0.717) is 36.8 Å². The van der Waals surface area contributed by atoms with Crippen molar-refractivity contribution < 1.29 is 14.3 Å². The molecule has 0 radical (unpaired) electrons. The largest absolute Gasteiger partial charge is 0.468 e. The predicted molar refractivity (Wildman–Crippen MR) is 75.8 cm³/mol. The molecule has 0 N–H and O–H groups in total. The van der Waals surface area contributed by atoms with Gasteiger partial charge < -0.3 is 9.64 Å². The maximum Gasteiger partial charge on any atom is 0.319 e. The molecule has 1 aromatic carbocycles. The minimum Gasteiger partial charge on any atom is -0.468 e. The second-order valence-electron chi connectivity index (χ2n) is 4.65. The van der Waals surface area contributed by atoms with Crippen LogP contribution >= 0.6 is 11.6 Å². The third kappa shape index (κ3) is 3.71. The Labute approximate surface area is 123 Å². The fourth-order valence-corrected chi connectivity index (χ4v) is 2.26. The molecular formula is C14H17ClN2O3. The van der Waals surface area contributed by atoms with Gasteiger partial charge in [0.15, 0.2) is 0 Å². The highest BCUT2D eigenvalue weighted by molar-refractivity contribution is 6.30. The van der Waals surface area contributed by atoms with Crippen LogP contribution in [0.25, 0.3) is 0 Å². The maximum absolute atomic E-state index is 12.3. The third-order valence-electron chi connectivity index (χ3n) is 3.33. The van der Waals surface area contributed by atoms with Gasteiger partial charge in [-0.25, -0.2) is 0 Å². The molecule has 1 saturated heterocycles. The van der Waals surface area contributed by atoms with Crippen molar-refractivity contribution in [1.29, 1.82) is 0 Å². The minimum atomic E-state index is -0.248. The first-order valence-corrected chi connectivity index (χ1v) is 6.82. The first-order valence-electron chi connectivity index (χ1n) is 6.44. The highest BCUT2D eigenvalue weighted by Crippen LogP contribution is 2.13. The van der Waals surface area contributed by atoms with Gasteiger partial charge in [0.25, 0.3) is 5.91 Å². The minimum absolute atomic E-state index is 0.000570. The van der Waals surface area contributed by atoms with Gasteiger partial charge in [-0.15, -0.1) is 0 Å². The first-order chi connectivity index (χ1) is 9.60. The lowest BCUT2D eigenvalue weighted by Gasteiger charge is -2.34. The molecule has 0 aliphatic carbocycles. The molecule has 2 rings (SSSR count). The molecule has 0 aromatic heterocycles. The summed E-state index contributed by atoms with van der Waals surface area (Å²) < 4.78 is 4.63. The number of piperazine rings is 1. The van der Waals surface area contributed by atoms with Gasteiger partial charge in [-0.3, -0.25) is 14.5 Å². The molecule has 1 aliphatic heterocycles. The smallest absolute Gasteiger partial charge is 0.319 e. The first kappa shape index (κ1) is 14.8. The molecule has 1 aromatic rings. The van der Waals surface area contributed by atoms with Gasteiger partial charge in [-0.2, -0.15) is 0 Å². The van der Waals surface area contributed by atoms with E-state index in [1.807, 2.05) is 4.90 Å². The summed E-state index contributed by atoms with van der Waals surface area (Å²) in [5, 5.41) is 0.615. The van der Waals surface area contributed by atoms with Gasteiger partial charge in [-0.1, -0.05) is 11.6 Å². The number of benzene rings is 1. The Kier molecular flexibility index (Phi) is 4.98. The van der Waals surface area contributed by atoms with E-state index in [-0.39, 0.29) is 18.4 Å². The number of halogens is 1. The Bertz CT molecular complexity index is 482. The molecular weight excluding hydrogens is 280 g/mol. The summed E-state index contributed by atoms with van der Waals surface area (Å²) in [5.74, 6) is -0.248. The van der Waals surface area contributed by atoms with Crippen molar-refractivity contribution in [3.8, 4) is 0 Å². The normalized spacial score (nSPS) is 16.0. The van der Waals surface area contributed by atoms with Crippen LogP contribution in [0, 0.1) is 0 Å². The van der Waals surface area contributed by atoms with Crippen molar-refractivity contribution in [1.82, 2.24) is 9.80 Å². The van der Waals surface area contributed by atoms with Crippen molar-refractivity contribution in [2.75, 3.05) is 39.8 Å². The van der Waals surface area contributed by atoms with Crippen LogP contribution in [0.5, 0.6) is 0 Å². The number of ether oxygens (including phenoxy) is 1. The number of hydrogen-bond donors (Lipinski definition) is 0. The quantitative estimate of drug-likeness (QED) is 0.788. The molecule has 0 saturated carbocycles. The van der Waals surface area contributed by atoms with Gasteiger partial charge in [0.2, 0.25) is 0 Å². The lowest BCUT2D eigenvalue weighted by molar-refractivity contribution is -0.142. The van der Waals surface area contributed by atoms with Crippen molar-refractivity contribution in [3.05, 3.63) is 34.9 Å². The average molecular weight is 297 g/mol. The number of hydrogen-bond acceptors (Lipinski definition) is 4. The van der Waals surface area contributed by atoms with Crippen molar-refractivity contribution >= 4 is 23.5 Å². The van der Waals surface area contributed by atoms with E-state index in [1.54, 1.807) is 29.2 Å². The molecule has 0 bridgehead atoms. The molecule has 0 unspecified atom stereocenters. The number of nitrogens with zero attached hydrogens (tertiary/aromatic N) is 2. The molecule has 1 amide bonds. The van der Waals surface area contributed by atoms with Crippen LogP contribution in [0.4, 0.5) is 0 Å². The zero-order chi connectivity index (χ0) is 14.5. The number of rotatable bonds is 3. The molecule has 1 fully saturated rings. The summed E-state index contributed by atoms with van der Waals surface area (Å²) in [5.41, 5.74) is 0.635. The lowest BCUT2D eigenvalue weighted by Crippen LogP contribution is -2.50. The van der Waals surface area contributed by atoms with Gasteiger partial charge >= 0.3 is 5.97 Å². The Morgan fingerprint density at radius 1 is 1.15 bits per heavy atom. The topological polar surface area (TPSA) is 49.9 Å². The van der Waals surface area contributed by atoms with Crippen molar-refractivity contribution in [2.24, 2.45) is 0 Å². The maximum atomic E-state index is 12.3. The zero-order valence-electron chi connectivity index (χ0n) is 11.3. The third-order valence-corrected chi connectivity index (χ3v) is 3.58. The van der Waals surface area contributed by atoms with Crippen LogP contribution < -0.4 is 0 Å². The molecule has 0 atom stereocenters. The second-order valence-corrected chi connectivity index (χ2v) is 5.09. The van der Waals surface area contributed by atoms with E-state index in [0.717, 1.165) is 0 Å². The second kappa shape index (κ2) is 6.72. The number of esters is 1. The summed E-state index contributed by atoms with van der Waals surface area (Å²) in [6.45, 7) is 2.85. The summed E-state index contributed by atoms with van der Waals surface area (Å²) in [6.07, 6.45) is 0. The Morgan fingerprint density at radius 2 is 1.75 bits per heavy atom. The molecule has 108 valence electrons. The number of carbonyl (C=O) groups excluding carboxylic acids is 2. The van der Waals surface area contributed by atoms with Crippen LogP contribution in [-0.2, 0) is 9.53 Å². The van der Waals surface area contributed by atoms with Crippen LogP contribution in [-0.4, -0.2) is 61.5 Å². The lowest BCUT2D eigenvalue weighted by atomic mass is 10.2. The van der Waals surface area contributed by atoms with Gasteiger partial charge in [0, 0.05) is 36.8 Å². The fraction of sp³-hybridized carbons (Fsp3) is 0.429. The van der Waals surface area contributed by atoms with E-state index in [1.165, 1.54) is 7.11 Å². The zero-order valence-corrected chi connectivity index (χ0v) is 12.1. The highest BCUT2D eigenvalue weighted by Gasteiger charge is 2.23. The Morgan fingerprint density at radius 3 is 2.30 bits per heavy atom. The Hall–Kier alpha value is -1.59. The van der Waals surface area contributed by atoms with Crippen molar-refractivity contribution in [3.63, 3.8) is 0 Å². The van der Waals surface area contributed by atoms with Gasteiger partial charge in [0.1, 0.15) is 0 Å². The Balaban J connectivity index is 1.88. The van der Waals surface area contributed by atoms with E-state index >= 15 is 0 Å². The standard InChI is InChI=1S/C14H17ClN2O3/c1-20-13(18)10-16-6-8-17(9-7-16)14(19)11-2-4-12(15)5-3-11/h2-5H,6-10H2,1H3. The van der Waals surface area contributed by atoms with E-state index < -0.39 is 0 Å². The summed E-state index contributed by atoms with van der Waals surface area (Å²) in [7, 11) is 1.38. The van der Waals surface area contributed by atoms with Gasteiger partial charge in [0.05, 0.1) is 13.7 Å². The number of methoxy groups -OCH3 is 1. The molecule has 5 nitrogen and oxygen atoms in total. The van der Waals surface area contributed by atoms with E-state index in [2.05, 4.69) is 4.74 Å². The highest BCUT2D eigenvalue weighted by atomic mass is 35.5. The average Bonchev–Trinajstić information content (AvgIpc) is 2.48. The monoisotopic (exact) mass is 296 g/mol. The van der Waals surface area contributed by atoms with Crippen molar-refractivity contribution in [2.45, 2.75) is 0 Å². The number of carbonyl (C=O) groups is 2. The SMILES string of the molecule is COC(=O)CN1CCN(C(=O)c2ccc(Cl)cc2)CC1. The van der Waals surface area contributed by atoms with Crippen LogP contribution in [0.1, 0.15) is 10.4 Å². The number of amides is 1. The van der Waals surface area contributed by atoms with Crippen LogP contribution in [0.15, 0.2) is 24.3 Å². The molecule has 20 heavy (non-hydrogen) atoms. The summed E-state index contributed by atoms with van der Waals surface area (Å²) >= 11 is 5.81. The molecule has 0 spiro atoms. The summed E-state index contributed by atoms with van der Waals surface area (Å²) in [4.78, 5) is 27.2.